The van der Waals surface area contributed by atoms with Gasteiger partial charge in [-0.15, -0.1) is 11.3 Å². The molecule has 1 atom stereocenters. The molecule has 3 aromatic rings. The highest BCUT2D eigenvalue weighted by Gasteiger charge is 2.28. The van der Waals surface area contributed by atoms with E-state index >= 15 is 0 Å². The second kappa shape index (κ2) is 5.87. The molecule has 1 aliphatic rings. The Morgan fingerprint density at radius 3 is 2.96 bits per heavy atom. The molecular formula is C18H17N3O2S. The Kier molecular flexibility index (Phi) is 3.69. The molecule has 1 amide bonds. The molecule has 6 heteroatoms. The van der Waals surface area contributed by atoms with Gasteiger partial charge in [-0.05, 0) is 36.4 Å². The van der Waals surface area contributed by atoms with Crippen LogP contribution in [-0.2, 0) is 17.6 Å². The Bertz CT molecular complexity index is 976. The predicted octanol–water partition coefficient (Wildman–Crippen LogP) is 2.67. The van der Waals surface area contributed by atoms with Crippen LogP contribution >= 0.6 is 11.3 Å². The number of nitrogens with one attached hydrogen (secondary N) is 1. The largest absolute Gasteiger partial charge is 0.335 e. The molecule has 2 aromatic heterocycles. The van der Waals surface area contributed by atoms with Crippen molar-refractivity contribution in [2.45, 2.75) is 25.8 Å². The smallest absolute Gasteiger partial charge is 0.272 e. The topological polar surface area (TPSA) is 66.1 Å². The first-order valence-corrected chi connectivity index (χ1v) is 8.85. The summed E-state index contributed by atoms with van der Waals surface area (Å²) < 4.78 is 0. The summed E-state index contributed by atoms with van der Waals surface area (Å²) in [5.41, 5.74) is 1.65. The lowest BCUT2D eigenvalue weighted by atomic mass is 10.0. The second-order valence-corrected chi connectivity index (χ2v) is 7.03. The van der Waals surface area contributed by atoms with E-state index in [2.05, 4.69) is 28.6 Å². The van der Waals surface area contributed by atoms with E-state index in [0.29, 0.717) is 11.1 Å². The van der Waals surface area contributed by atoms with Crippen molar-refractivity contribution in [2.75, 3.05) is 6.54 Å². The van der Waals surface area contributed by atoms with Gasteiger partial charge in [0.1, 0.15) is 0 Å². The van der Waals surface area contributed by atoms with Crippen LogP contribution in [0.5, 0.6) is 0 Å². The van der Waals surface area contributed by atoms with Crippen molar-refractivity contribution < 1.29 is 4.79 Å². The van der Waals surface area contributed by atoms with Crippen molar-refractivity contribution in [1.82, 2.24) is 15.1 Å². The van der Waals surface area contributed by atoms with Crippen LogP contribution in [0.3, 0.4) is 0 Å². The van der Waals surface area contributed by atoms with Crippen LogP contribution in [0.2, 0.25) is 0 Å². The molecule has 0 bridgehead atoms. The Labute approximate surface area is 142 Å². The normalized spacial score (nSPS) is 17.0. The maximum atomic E-state index is 12.8. The molecule has 0 unspecified atom stereocenters. The average Bonchev–Trinajstić information content (AvgIpc) is 3.07. The Balaban J connectivity index is 1.64. The van der Waals surface area contributed by atoms with Gasteiger partial charge in [0.05, 0.1) is 23.5 Å². The van der Waals surface area contributed by atoms with E-state index < -0.39 is 0 Å². The van der Waals surface area contributed by atoms with E-state index in [1.165, 1.54) is 10.4 Å². The SMILES string of the molecule is C[C@@H]1c2ccsc2CCN1C(=O)Cc1n[nH]c(=O)c2ccccc12. The summed E-state index contributed by atoms with van der Waals surface area (Å²) in [7, 11) is 0. The van der Waals surface area contributed by atoms with Gasteiger partial charge in [0.25, 0.3) is 5.56 Å². The van der Waals surface area contributed by atoms with Crippen molar-refractivity contribution in [3.05, 3.63) is 62.2 Å². The molecule has 0 saturated heterocycles. The fourth-order valence-electron chi connectivity index (χ4n) is 3.40. The van der Waals surface area contributed by atoms with Crippen LogP contribution in [-0.4, -0.2) is 27.5 Å². The van der Waals surface area contributed by atoms with Gasteiger partial charge in [-0.3, -0.25) is 9.59 Å². The third-order valence-corrected chi connectivity index (χ3v) is 5.69. The molecule has 1 aromatic carbocycles. The monoisotopic (exact) mass is 339 g/mol. The number of benzene rings is 1. The van der Waals surface area contributed by atoms with Gasteiger partial charge < -0.3 is 4.90 Å². The van der Waals surface area contributed by atoms with Crippen LogP contribution in [0.4, 0.5) is 0 Å². The van der Waals surface area contributed by atoms with Gasteiger partial charge in [0.2, 0.25) is 5.91 Å². The molecule has 0 fully saturated rings. The maximum absolute atomic E-state index is 12.8. The minimum absolute atomic E-state index is 0.0454. The van der Waals surface area contributed by atoms with Crippen LogP contribution in [0, 0.1) is 0 Å². The summed E-state index contributed by atoms with van der Waals surface area (Å²) in [6.07, 6.45) is 1.10. The lowest BCUT2D eigenvalue weighted by Crippen LogP contribution is -2.39. The van der Waals surface area contributed by atoms with Crippen molar-refractivity contribution in [1.29, 1.82) is 0 Å². The molecular weight excluding hydrogens is 322 g/mol. The zero-order valence-corrected chi connectivity index (χ0v) is 14.1. The van der Waals surface area contributed by atoms with Crippen molar-refractivity contribution in [3.8, 4) is 0 Å². The number of aromatic amines is 1. The Morgan fingerprint density at radius 1 is 1.33 bits per heavy atom. The van der Waals surface area contributed by atoms with E-state index in [-0.39, 0.29) is 23.9 Å². The van der Waals surface area contributed by atoms with E-state index in [4.69, 9.17) is 0 Å². The van der Waals surface area contributed by atoms with Crippen LogP contribution in [0.25, 0.3) is 10.8 Å². The molecule has 1 N–H and O–H groups in total. The van der Waals surface area contributed by atoms with Crippen molar-refractivity contribution >= 4 is 28.0 Å². The number of carbonyl (C=O) groups excluding carboxylic acids is 1. The molecule has 122 valence electrons. The Morgan fingerprint density at radius 2 is 2.12 bits per heavy atom. The fraction of sp³-hybridized carbons (Fsp3) is 0.278. The maximum Gasteiger partial charge on any atom is 0.272 e. The number of nitrogens with zero attached hydrogens (tertiary/aromatic N) is 2. The zero-order valence-electron chi connectivity index (χ0n) is 13.3. The van der Waals surface area contributed by atoms with E-state index in [1.807, 2.05) is 23.1 Å². The lowest BCUT2D eigenvalue weighted by molar-refractivity contribution is -0.133. The number of carbonyl (C=O) groups is 1. The van der Waals surface area contributed by atoms with E-state index in [9.17, 15) is 9.59 Å². The fourth-order valence-corrected chi connectivity index (χ4v) is 4.36. The first-order valence-electron chi connectivity index (χ1n) is 7.97. The summed E-state index contributed by atoms with van der Waals surface area (Å²) in [5.74, 6) is 0.0454. The molecule has 5 nitrogen and oxygen atoms in total. The third kappa shape index (κ3) is 2.43. The average molecular weight is 339 g/mol. The number of hydrogen-bond acceptors (Lipinski definition) is 4. The summed E-state index contributed by atoms with van der Waals surface area (Å²) >= 11 is 1.76. The molecule has 1 aliphatic heterocycles. The summed E-state index contributed by atoms with van der Waals surface area (Å²) in [4.78, 5) is 28.0. The number of thiophene rings is 1. The van der Waals surface area contributed by atoms with Gasteiger partial charge in [0, 0.05) is 16.8 Å². The first-order chi connectivity index (χ1) is 11.6. The summed E-state index contributed by atoms with van der Waals surface area (Å²) in [6, 6.07) is 9.47. The van der Waals surface area contributed by atoms with Crippen molar-refractivity contribution in [3.63, 3.8) is 0 Å². The number of amides is 1. The summed E-state index contributed by atoms with van der Waals surface area (Å²) in [5, 5.41) is 10.0. The van der Waals surface area contributed by atoms with Crippen LogP contribution in [0.15, 0.2) is 40.5 Å². The standard InChI is InChI=1S/C18H17N3O2S/c1-11-12-7-9-24-16(12)6-8-21(11)17(22)10-15-13-4-2-3-5-14(13)18(23)20-19-15/h2-5,7,9,11H,6,8,10H2,1H3,(H,20,23)/t11-/m1/s1. The van der Waals surface area contributed by atoms with Gasteiger partial charge in [-0.2, -0.15) is 5.10 Å². The van der Waals surface area contributed by atoms with E-state index in [1.54, 1.807) is 17.4 Å². The van der Waals surface area contributed by atoms with Gasteiger partial charge in [-0.1, -0.05) is 18.2 Å². The van der Waals surface area contributed by atoms with Gasteiger partial charge >= 0.3 is 0 Å². The minimum Gasteiger partial charge on any atom is -0.335 e. The second-order valence-electron chi connectivity index (χ2n) is 6.03. The minimum atomic E-state index is -0.226. The summed E-state index contributed by atoms with van der Waals surface area (Å²) in [6.45, 7) is 2.80. The van der Waals surface area contributed by atoms with E-state index in [0.717, 1.165) is 18.4 Å². The van der Waals surface area contributed by atoms with Crippen LogP contribution < -0.4 is 5.56 Å². The van der Waals surface area contributed by atoms with Crippen molar-refractivity contribution in [2.24, 2.45) is 0 Å². The predicted molar refractivity (Wildman–Crippen MR) is 94.2 cm³/mol. The highest BCUT2D eigenvalue weighted by atomic mass is 32.1. The first kappa shape index (κ1) is 15.1. The van der Waals surface area contributed by atoms with Crippen LogP contribution in [0.1, 0.15) is 29.1 Å². The van der Waals surface area contributed by atoms with Gasteiger partial charge in [-0.25, -0.2) is 5.10 Å². The highest BCUT2D eigenvalue weighted by molar-refractivity contribution is 7.10. The molecule has 0 spiro atoms. The zero-order chi connectivity index (χ0) is 16.7. The third-order valence-electron chi connectivity index (χ3n) is 4.69. The molecule has 24 heavy (non-hydrogen) atoms. The lowest BCUT2D eigenvalue weighted by Gasteiger charge is -2.33. The highest BCUT2D eigenvalue weighted by Crippen LogP contribution is 2.33. The molecule has 0 aliphatic carbocycles. The number of fused-ring (bicyclic) bond motifs is 2. The quantitative estimate of drug-likeness (QED) is 0.780. The number of H-pyrrole nitrogens is 1. The molecule has 4 rings (SSSR count). The molecule has 3 heterocycles. The number of rotatable bonds is 2. The number of aromatic nitrogens is 2. The molecule has 0 radical (unpaired) electrons. The number of hydrogen-bond donors (Lipinski definition) is 1. The Hall–Kier alpha value is -2.47. The molecule has 0 saturated carbocycles. The van der Waals surface area contributed by atoms with Gasteiger partial charge in [0.15, 0.2) is 0 Å².